The molecular formula is C26H42O4. The molecule has 0 N–H and O–H groups in total. The zero-order valence-electron chi connectivity index (χ0n) is 19.3. The largest absolute Gasteiger partial charge is 0.462 e. The second kappa shape index (κ2) is 18.0. The van der Waals surface area contributed by atoms with E-state index in [2.05, 4.69) is 6.92 Å². The maximum Gasteiger partial charge on any atom is 0.339 e. The molecule has 0 saturated carbocycles. The van der Waals surface area contributed by atoms with Gasteiger partial charge in [0.25, 0.3) is 0 Å². The van der Waals surface area contributed by atoms with Crippen molar-refractivity contribution in [2.75, 3.05) is 13.2 Å². The first-order valence-electron chi connectivity index (χ1n) is 12.1. The van der Waals surface area contributed by atoms with Crippen LogP contribution < -0.4 is 0 Å². The third-order valence-electron chi connectivity index (χ3n) is 5.37. The minimum atomic E-state index is -0.485. The van der Waals surface area contributed by atoms with Crippen LogP contribution in [0, 0.1) is 0 Å². The summed E-state index contributed by atoms with van der Waals surface area (Å²) in [6, 6.07) is 6.66. The van der Waals surface area contributed by atoms with Crippen LogP contribution >= 0.6 is 0 Å². The molecule has 4 heteroatoms. The average Bonchev–Trinajstić information content (AvgIpc) is 2.76. The van der Waals surface area contributed by atoms with Gasteiger partial charge in [0.1, 0.15) is 0 Å². The van der Waals surface area contributed by atoms with E-state index in [1.54, 1.807) is 31.2 Å². The Morgan fingerprint density at radius 2 is 1.00 bits per heavy atom. The summed E-state index contributed by atoms with van der Waals surface area (Å²) >= 11 is 0. The first-order valence-corrected chi connectivity index (χ1v) is 12.1. The van der Waals surface area contributed by atoms with Crippen LogP contribution in [-0.4, -0.2) is 25.2 Å². The molecule has 0 aliphatic rings. The lowest BCUT2D eigenvalue weighted by Gasteiger charge is -2.09. The van der Waals surface area contributed by atoms with E-state index in [4.69, 9.17) is 9.47 Å². The SMILES string of the molecule is CCCCCCCCCCCCCCCCOC(=O)c1ccccc1C(=O)OCC. The number of hydrogen-bond acceptors (Lipinski definition) is 4. The summed E-state index contributed by atoms with van der Waals surface area (Å²) in [6.45, 7) is 4.68. The Bertz CT molecular complexity index is 582. The van der Waals surface area contributed by atoms with Crippen molar-refractivity contribution in [2.45, 2.75) is 104 Å². The van der Waals surface area contributed by atoms with Gasteiger partial charge in [0.2, 0.25) is 0 Å². The van der Waals surface area contributed by atoms with E-state index in [-0.39, 0.29) is 17.7 Å². The van der Waals surface area contributed by atoms with E-state index in [1.165, 1.54) is 77.0 Å². The van der Waals surface area contributed by atoms with Gasteiger partial charge in [-0.2, -0.15) is 0 Å². The summed E-state index contributed by atoms with van der Waals surface area (Å²) < 4.78 is 10.4. The molecule has 1 rings (SSSR count). The number of unbranched alkanes of at least 4 members (excludes halogenated alkanes) is 13. The molecule has 0 atom stereocenters. The van der Waals surface area contributed by atoms with Crippen LogP contribution in [0.4, 0.5) is 0 Å². The van der Waals surface area contributed by atoms with E-state index in [0.717, 1.165) is 12.8 Å². The van der Waals surface area contributed by atoms with E-state index >= 15 is 0 Å². The fourth-order valence-corrected chi connectivity index (χ4v) is 3.59. The van der Waals surface area contributed by atoms with Gasteiger partial charge >= 0.3 is 11.9 Å². The third-order valence-corrected chi connectivity index (χ3v) is 5.37. The van der Waals surface area contributed by atoms with Crippen molar-refractivity contribution in [1.29, 1.82) is 0 Å². The number of ether oxygens (including phenoxy) is 2. The number of carbonyl (C=O) groups excluding carboxylic acids is 2. The molecule has 1 aromatic rings. The standard InChI is InChI=1S/C26H42O4/c1-3-5-6-7-8-9-10-11-12-13-14-15-16-19-22-30-26(28)24-21-18-17-20-23(24)25(27)29-4-2/h17-18,20-21H,3-16,19,22H2,1-2H3. The minimum Gasteiger partial charge on any atom is -0.462 e. The molecule has 0 aliphatic heterocycles. The van der Waals surface area contributed by atoms with E-state index < -0.39 is 11.9 Å². The second-order valence-electron chi connectivity index (χ2n) is 8.00. The Kier molecular flexibility index (Phi) is 15.7. The van der Waals surface area contributed by atoms with Crippen LogP contribution in [0.2, 0.25) is 0 Å². The molecule has 0 saturated heterocycles. The van der Waals surface area contributed by atoms with Crippen LogP contribution in [-0.2, 0) is 9.47 Å². The summed E-state index contributed by atoms with van der Waals surface area (Å²) in [4.78, 5) is 24.2. The topological polar surface area (TPSA) is 52.6 Å². The van der Waals surface area contributed by atoms with Crippen LogP contribution in [0.3, 0.4) is 0 Å². The number of benzene rings is 1. The number of rotatable bonds is 18. The van der Waals surface area contributed by atoms with Crippen molar-refractivity contribution in [1.82, 2.24) is 0 Å². The highest BCUT2D eigenvalue weighted by Crippen LogP contribution is 2.14. The molecule has 1 aromatic carbocycles. The van der Waals surface area contributed by atoms with Gasteiger partial charge in [0.05, 0.1) is 24.3 Å². The van der Waals surface area contributed by atoms with Crippen LogP contribution in [0.15, 0.2) is 24.3 Å². The zero-order chi connectivity index (χ0) is 21.9. The summed E-state index contributed by atoms with van der Waals surface area (Å²) in [5, 5.41) is 0. The van der Waals surface area contributed by atoms with Crippen molar-refractivity contribution in [3.63, 3.8) is 0 Å². The van der Waals surface area contributed by atoms with Gasteiger partial charge in [0, 0.05) is 0 Å². The molecule has 0 spiro atoms. The molecule has 0 radical (unpaired) electrons. The van der Waals surface area contributed by atoms with Gasteiger partial charge in [-0.3, -0.25) is 0 Å². The molecule has 0 unspecified atom stereocenters. The van der Waals surface area contributed by atoms with Crippen molar-refractivity contribution >= 4 is 11.9 Å². The highest BCUT2D eigenvalue weighted by molar-refractivity contribution is 6.03. The van der Waals surface area contributed by atoms with Crippen LogP contribution in [0.1, 0.15) is 124 Å². The first-order chi connectivity index (χ1) is 14.7. The van der Waals surface area contributed by atoms with Gasteiger partial charge in [-0.1, -0.05) is 103 Å². The third kappa shape index (κ3) is 12.0. The second-order valence-corrected chi connectivity index (χ2v) is 8.00. The van der Waals surface area contributed by atoms with Crippen molar-refractivity contribution in [3.05, 3.63) is 35.4 Å². The maximum absolute atomic E-state index is 12.3. The Morgan fingerprint density at radius 3 is 1.43 bits per heavy atom. The maximum atomic E-state index is 12.3. The molecule has 170 valence electrons. The fraction of sp³-hybridized carbons (Fsp3) is 0.692. The Morgan fingerprint density at radius 1 is 0.600 bits per heavy atom. The van der Waals surface area contributed by atoms with Crippen LogP contribution in [0.25, 0.3) is 0 Å². The first kappa shape index (κ1) is 26.2. The number of hydrogen-bond donors (Lipinski definition) is 0. The molecular weight excluding hydrogens is 376 g/mol. The number of carbonyl (C=O) groups is 2. The van der Waals surface area contributed by atoms with Gasteiger partial charge in [-0.05, 0) is 25.5 Å². The Balaban J connectivity index is 2.02. The van der Waals surface area contributed by atoms with Gasteiger partial charge in [0.15, 0.2) is 0 Å². The molecule has 30 heavy (non-hydrogen) atoms. The molecule has 0 heterocycles. The predicted octanol–water partition coefficient (Wildman–Crippen LogP) is 7.50. The smallest absolute Gasteiger partial charge is 0.339 e. The number of esters is 2. The van der Waals surface area contributed by atoms with E-state index in [1.807, 2.05) is 0 Å². The quantitative estimate of drug-likeness (QED) is 0.183. The van der Waals surface area contributed by atoms with Crippen molar-refractivity contribution < 1.29 is 19.1 Å². The molecule has 0 bridgehead atoms. The Labute approximate surface area is 183 Å². The minimum absolute atomic E-state index is 0.269. The molecule has 0 aliphatic carbocycles. The van der Waals surface area contributed by atoms with E-state index in [0.29, 0.717) is 6.61 Å². The van der Waals surface area contributed by atoms with Crippen molar-refractivity contribution in [3.8, 4) is 0 Å². The molecule has 0 aromatic heterocycles. The highest BCUT2D eigenvalue weighted by atomic mass is 16.5. The molecule has 0 fully saturated rings. The summed E-state index contributed by atoms with van der Waals surface area (Å²) in [6.07, 6.45) is 18.1. The summed E-state index contributed by atoms with van der Waals surface area (Å²) in [7, 11) is 0. The highest BCUT2D eigenvalue weighted by Gasteiger charge is 2.18. The summed E-state index contributed by atoms with van der Waals surface area (Å²) in [5.74, 6) is -0.935. The normalized spacial score (nSPS) is 10.7. The van der Waals surface area contributed by atoms with E-state index in [9.17, 15) is 9.59 Å². The lowest BCUT2D eigenvalue weighted by atomic mass is 10.0. The molecule has 4 nitrogen and oxygen atoms in total. The van der Waals surface area contributed by atoms with Gasteiger partial charge in [-0.25, -0.2) is 9.59 Å². The lowest BCUT2D eigenvalue weighted by Crippen LogP contribution is -2.14. The predicted molar refractivity (Wildman–Crippen MR) is 123 cm³/mol. The fourth-order valence-electron chi connectivity index (χ4n) is 3.59. The average molecular weight is 419 g/mol. The van der Waals surface area contributed by atoms with Gasteiger partial charge in [-0.15, -0.1) is 0 Å². The van der Waals surface area contributed by atoms with Crippen molar-refractivity contribution in [2.24, 2.45) is 0 Å². The Hall–Kier alpha value is -1.84. The molecule has 0 amide bonds. The van der Waals surface area contributed by atoms with Gasteiger partial charge < -0.3 is 9.47 Å². The monoisotopic (exact) mass is 418 g/mol. The lowest BCUT2D eigenvalue weighted by molar-refractivity contribution is 0.0462. The zero-order valence-corrected chi connectivity index (χ0v) is 19.3. The summed E-state index contributed by atoms with van der Waals surface area (Å²) in [5.41, 5.74) is 0.548. The van der Waals surface area contributed by atoms with Crippen LogP contribution in [0.5, 0.6) is 0 Å².